The summed E-state index contributed by atoms with van der Waals surface area (Å²) in [6.07, 6.45) is 1.81. The molecule has 1 aromatic carbocycles. The SMILES string of the molecule is CCCCn1c(=O)c2sccc2n2c(SCC(=O)Nc3ccccc3F)nnc12. The van der Waals surface area contributed by atoms with Crippen LogP contribution in [-0.4, -0.2) is 30.8 Å². The van der Waals surface area contributed by atoms with Crippen LogP contribution in [0.15, 0.2) is 45.7 Å². The van der Waals surface area contributed by atoms with E-state index in [2.05, 4.69) is 22.4 Å². The second kappa shape index (κ2) is 8.34. The maximum Gasteiger partial charge on any atom is 0.272 e. The van der Waals surface area contributed by atoms with Crippen molar-refractivity contribution < 1.29 is 9.18 Å². The first-order valence-electron chi connectivity index (χ1n) is 9.12. The van der Waals surface area contributed by atoms with Gasteiger partial charge in [-0.05, 0) is 30.0 Å². The summed E-state index contributed by atoms with van der Waals surface area (Å²) in [4.78, 5) is 25.1. The maximum absolute atomic E-state index is 13.7. The molecule has 0 atom stereocenters. The van der Waals surface area contributed by atoms with Crippen LogP contribution in [-0.2, 0) is 11.3 Å². The highest BCUT2D eigenvalue weighted by atomic mass is 32.2. The Kier molecular flexibility index (Phi) is 5.63. The average molecular weight is 432 g/mol. The molecule has 7 nitrogen and oxygen atoms in total. The lowest BCUT2D eigenvalue weighted by Crippen LogP contribution is -2.22. The lowest BCUT2D eigenvalue weighted by Gasteiger charge is -2.09. The molecule has 0 saturated heterocycles. The summed E-state index contributed by atoms with van der Waals surface area (Å²) in [6, 6.07) is 7.86. The Hall–Kier alpha value is -2.72. The number of benzene rings is 1. The normalized spacial score (nSPS) is 11.4. The molecule has 3 heterocycles. The molecule has 1 amide bonds. The van der Waals surface area contributed by atoms with Crippen molar-refractivity contribution >= 4 is 50.7 Å². The molecule has 0 unspecified atom stereocenters. The fourth-order valence-electron chi connectivity index (χ4n) is 2.99. The molecule has 0 bridgehead atoms. The van der Waals surface area contributed by atoms with Crippen molar-refractivity contribution in [3.8, 4) is 0 Å². The second-order valence-corrected chi connectivity index (χ2v) is 8.24. The summed E-state index contributed by atoms with van der Waals surface area (Å²) in [5.41, 5.74) is 0.791. The van der Waals surface area contributed by atoms with E-state index in [0.717, 1.165) is 18.4 Å². The molecule has 3 aromatic heterocycles. The summed E-state index contributed by atoms with van der Waals surface area (Å²) in [5, 5.41) is 13.3. The number of thioether (sulfide) groups is 1. The van der Waals surface area contributed by atoms with E-state index in [4.69, 9.17) is 0 Å². The zero-order chi connectivity index (χ0) is 20.4. The molecule has 4 aromatic rings. The zero-order valence-electron chi connectivity index (χ0n) is 15.6. The van der Waals surface area contributed by atoms with Crippen molar-refractivity contribution in [3.63, 3.8) is 0 Å². The van der Waals surface area contributed by atoms with Gasteiger partial charge in [-0.25, -0.2) is 4.39 Å². The van der Waals surface area contributed by atoms with E-state index in [1.807, 2.05) is 15.8 Å². The van der Waals surface area contributed by atoms with Crippen molar-refractivity contribution in [3.05, 3.63) is 51.9 Å². The number of carbonyl (C=O) groups is 1. The molecule has 0 aliphatic carbocycles. The van der Waals surface area contributed by atoms with Gasteiger partial charge in [-0.3, -0.25) is 18.6 Å². The van der Waals surface area contributed by atoms with Crippen LogP contribution in [0.1, 0.15) is 19.8 Å². The van der Waals surface area contributed by atoms with E-state index in [-0.39, 0.29) is 22.9 Å². The first-order valence-corrected chi connectivity index (χ1v) is 11.0. The number of nitrogens with one attached hydrogen (secondary N) is 1. The van der Waals surface area contributed by atoms with Crippen LogP contribution in [0, 0.1) is 5.82 Å². The lowest BCUT2D eigenvalue weighted by molar-refractivity contribution is -0.113. The number of hydrogen-bond acceptors (Lipinski definition) is 6. The van der Waals surface area contributed by atoms with E-state index in [1.54, 1.807) is 16.7 Å². The molecule has 4 rings (SSSR count). The Balaban J connectivity index is 1.63. The molecule has 0 spiro atoms. The molecule has 0 fully saturated rings. The molecular weight excluding hydrogens is 413 g/mol. The van der Waals surface area contributed by atoms with E-state index in [9.17, 15) is 14.0 Å². The van der Waals surface area contributed by atoms with Crippen molar-refractivity contribution in [2.24, 2.45) is 0 Å². The number of para-hydroxylation sites is 1. The minimum atomic E-state index is -0.487. The largest absolute Gasteiger partial charge is 0.323 e. The molecule has 150 valence electrons. The summed E-state index contributed by atoms with van der Waals surface area (Å²) in [5.74, 6) is -0.336. The lowest BCUT2D eigenvalue weighted by atomic mass is 10.3. The molecule has 0 saturated carbocycles. The van der Waals surface area contributed by atoms with Crippen molar-refractivity contribution in [1.82, 2.24) is 19.2 Å². The van der Waals surface area contributed by atoms with Gasteiger partial charge in [0.1, 0.15) is 10.5 Å². The van der Waals surface area contributed by atoms with E-state index < -0.39 is 5.82 Å². The van der Waals surface area contributed by atoms with Gasteiger partial charge < -0.3 is 5.32 Å². The molecular formula is C19H18FN5O2S2. The van der Waals surface area contributed by atoms with Gasteiger partial charge in [-0.1, -0.05) is 37.2 Å². The molecule has 0 aliphatic rings. The summed E-state index contributed by atoms with van der Waals surface area (Å²) in [6.45, 7) is 2.62. The van der Waals surface area contributed by atoms with Crippen LogP contribution in [0.25, 0.3) is 16.0 Å². The predicted octanol–water partition coefficient (Wildman–Crippen LogP) is 3.78. The first kappa shape index (κ1) is 19.6. The third-order valence-corrected chi connectivity index (χ3v) is 6.22. The number of amides is 1. The van der Waals surface area contributed by atoms with Crippen LogP contribution >= 0.6 is 23.1 Å². The number of nitrogens with zero attached hydrogens (tertiary/aromatic N) is 4. The monoisotopic (exact) mass is 431 g/mol. The second-order valence-electron chi connectivity index (χ2n) is 6.38. The molecule has 0 aliphatic heterocycles. The molecule has 0 radical (unpaired) electrons. The van der Waals surface area contributed by atoms with E-state index >= 15 is 0 Å². The van der Waals surface area contributed by atoms with Gasteiger partial charge in [0, 0.05) is 6.54 Å². The van der Waals surface area contributed by atoms with Gasteiger partial charge in [0.05, 0.1) is 17.0 Å². The highest BCUT2D eigenvalue weighted by Gasteiger charge is 2.18. The number of aromatic nitrogens is 4. The van der Waals surface area contributed by atoms with Gasteiger partial charge in [0.15, 0.2) is 5.16 Å². The fourth-order valence-corrected chi connectivity index (χ4v) is 4.55. The zero-order valence-corrected chi connectivity index (χ0v) is 17.2. The van der Waals surface area contributed by atoms with Crippen LogP contribution in [0.3, 0.4) is 0 Å². The van der Waals surface area contributed by atoms with E-state index in [0.29, 0.717) is 22.2 Å². The Bertz CT molecular complexity index is 1250. The summed E-state index contributed by atoms with van der Waals surface area (Å²) < 4.78 is 17.8. The Morgan fingerprint density at radius 2 is 2.10 bits per heavy atom. The Morgan fingerprint density at radius 3 is 2.90 bits per heavy atom. The van der Waals surface area contributed by atoms with Gasteiger partial charge in [-0.15, -0.1) is 21.5 Å². The summed E-state index contributed by atoms with van der Waals surface area (Å²) in [7, 11) is 0. The number of hydrogen-bond donors (Lipinski definition) is 1. The number of halogens is 1. The fraction of sp³-hybridized carbons (Fsp3) is 0.263. The average Bonchev–Trinajstić information content (AvgIpc) is 3.35. The minimum Gasteiger partial charge on any atom is -0.323 e. The van der Waals surface area contributed by atoms with Crippen molar-refractivity contribution in [2.75, 3.05) is 11.1 Å². The van der Waals surface area contributed by atoms with Crippen molar-refractivity contribution in [2.45, 2.75) is 31.5 Å². The molecule has 10 heteroatoms. The van der Waals surface area contributed by atoms with Gasteiger partial charge in [0.2, 0.25) is 11.7 Å². The number of aryl methyl sites for hydroxylation is 1. The third kappa shape index (κ3) is 3.77. The number of carbonyl (C=O) groups excluding carboxylic acids is 1. The van der Waals surface area contributed by atoms with Crippen LogP contribution in [0.5, 0.6) is 0 Å². The topological polar surface area (TPSA) is 81.3 Å². The van der Waals surface area contributed by atoms with Crippen molar-refractivity contribution in [1.29, 1.82) is 0 Å². The van der Waals surface area contributed by atoms with Crippen LogP contribution in [0.4, 0.5) is 10.1 Å². The Morgan fingerprint density at radius 1 is 1.28 bits per heavy atom. The minimum absolute atomic E-state index is 0.0366. The predicted molar refractivity (Wildman–Crippen MR) is 113 cm³/mol. The quantitative estimate of drug-likeness (QED) is 0.451. The van der Waals surface area contributed by atoms with Gasteiger partial charge >= 0.3 is 0 Å². The highest BCUT2D eigenvalue weighted by molar-refractivity contribution is 7.99. The number of unbranched alkanes of at least 4 members (excludes halogenated alkanes) is 1. The number of rotatable bonds is 7. The van der Waals surface area contributed by atoms with Gasteiger partial charge in [0.25, 0.3) is 5.56 Å². The first-order chi connectivity index (χ1) is 14.1. The maximum atomic E-state index is 13.7. The number of fused-ring (bicyclic) bond motifs is 3. The molecule has 29 heavy (non-hydrogen) atoms. The Labute approximate surface area is 173 Å². The standard InChI is InChI=1S/C19H18FN5O2S2/c1-2-3-9-24-17(27)16-14(8-10-28-16)25-18(24)22-23-19(25)29-11-15(26)21-13-7-5-4-6-12(13)20/h4-8,10H,2-3,9,11H2,1H3,(H,21,26). The highest BCUT2D eigenvalue weighted by Crippen LogP contribution is 2.24. The third-order valence-electron chi connectivity index (χ3n) is 4.40. The van der Waals surface area contributed by atoms with Crippen LogP contribution < -0.4 is 10.9 Å². The van der Waals surface area contributed by atoms with E-state index in [1.165, 1.54) is 35.2 Å². The van der Waals surface area contributed by atoms with Gasteiger partial charge in [-0.2, -0.15) is 0 Å². The molecule has 1 N–H and O–H groups in total. The summed E-state index contributed by atoms with van der Waals surface area (Å²) >= 11 is 2.57. The van der Waals surface area contributed by atoms with Crippen LogP contribution in [0.2, 0.25) is 0 Å². The number of thiophene rings is 1. The smallest absolute Gasteiger partial charge is 0.272 e. The number of anilines is 1.